The molecule has 0 spiro atoms. The minimum atomic E-state index is -1.95. The van der Waals surface area contributed by atoms with Crippen molar-refractivity contribution >= 4 is 11.8 Å². The molecule has 4 atom stereocenters. The molecule has 17 heavy (non-hydrogen) atoms. The molecule has 4 fully saturated rings. The quantitative estimate of drug-likeness (QED) is 0.412. The Morgan fingerprint density at radius 3 is 2.53 bits per heavy atom. The Morgan fingerprint density at radius 2 is 2.00 bits per heavy atom. The molecule has 0 aromatic carbocycles. The van der Waals surface area contributed by atoms with Gasteiger partial charge in [0.05, 0.1) is 0 Å². The zero-order valence-corrected chi connectivity index (χ0v) is 9.52. The average molecular weight is 239 g/mol. The molecule has 0 heterocycles. The topological polar surface area (TPSA) is 121 Å². The summed E-state index contributed by atoms with van der Waals surface area (Å²) in [5.41, 5.74) is 15.4. The lowest BCUT2D eigenvalue weighted by molar-refractivity contribution is -0.172. The van der Waals surface area contributed by atoms with Crippen molar-refractivity contribution in [1.82, 2.24) is 0 Å². The smallest absolute Gasteiger partial charge is 0.357 e. The second-order valence-electron chi connectivity index (χ2n) is 5.82. The molecule has 4 aliphatic rings. The van der Waals surface area contributed by atoms with E-state index in [0.717, 1.165) is 12.8 Å². The van der Waals surface area contributed by atoms with Crippen LogP contribution in [0.3, 0.4) is 0 Å². The molecule has 6 heteroatoms. The number of carbonyl (C=O) groups is 2. The van der Waals surface area contributed by atoms with E-state index in [4.69, 9.17) is 21.9 Å². The Bertz CT molecular complexity index is 399. The van der Waals surface area contributed by atoms with Gasteiger partial charge in [-0.15, -0.1) is 0 Å². The largest absolute Gasteiger partial charge is 0.456 e. The summed E-state index contributed by atoms with van der Waals surface area (Å²) in [7, 11) is 0. The first-order valence-corrected chi connectivity index (χ1v) is 5.95. The van der Waals surface area contributed by atoms with Crippen LogP contribution in [0.15, 0.2) is 0 Å². The maximum Gasteiger partial charge on any atom is 0.357 e. The number of carbonyl (C=O) groups excluding carboxylic acids is 2. The fourth-order valence-corrected chi connectivity index (χ4v) is 3.85. The molecule has 4 aliphatic carbocycles. The third-order valence-electron chi connectivity index (χ3n) is 4.43. The number of nitrogens with two attached hydrogens (primary N) is 3. The van der Waals surface area contributed by atoms with Gasteiger partial charge in [0.1, 0.15) is 11.4 Å². The van der Waals surface area contributed by atoms with E-state index in [1.54, 1.807) is 0 Å². The van der Waals surface area contributed by atoms with Crippen molar-refractivity contribution in [3.8, 4) is 0 Å². The van der Waals surface area contributed by atoms with Crippen LogP contribution in [-0.4, -0.2) is 23.1 Å². The minimum Gasteiger partial charge on any atom is -0.456 e. The molecule has 4 bridgehead atoms. The Kier molecular flexibility index (Phi) is 2.01. The van der Waals surface area contributed by atoms with Crippen molar-refractivity contribution < 1.29 is 14.3 Å². The van der Waals surface area contributed by atoms with Crippen LogP contribution in [-0.2, 0) is 14.3 Å². The van der Waals surface area contributed by atoms with Crippen LogP contribution in [0.25, 0.3) is 0 Å². The van der Waals surface area contributed by atoms with Crippen LogP contribution in [0.2, 0.25) is 0 Å². The van der Waals surface area contributed by atoms with Crippen LogP contribution in [0.4, 0.5) is 0 Å². The first-order valence-electron chi connectivity index (χ1n) is 5.95. The SMILES string of the molecule is NC(N)(N)C(=O)OC12CC3CC(C1)C(C2)C3=O. The van der Waals surface area contributed by atoms with Crippen molar-refractivity contribution in [2.24, 2.45) is 35.0 Å². The van der Waals surface area contributed by atoms with Gasteiger partial charge in [-0.1, -0.05) is 0 Å². The minimum absolute atomic E-state index is 0.0584. The van der Waals surface area contributed by atoms with Gasteiger partial charge < -0.3 is 4.74 Å². The van der Waals surface area contributed by atoms with Gasteiger partial charge in [0.2, 0.25) is 5.79 Å². The van der Waals surface area contributed by atoms with E-state index in [2.05, 4.69) is 0 Å². The number of hydrogen-bond acceptors (Lipinski definition) is 6. The van der Waals surface area contributed by atoms with E-state index in [1.807, 2.05) is 0 Å². The highest BCUT2D eigenvalue weighted by Crippen LogP contribution is 2.59. The van der Waals surface area contributed by atoms with Gasteiger partial charge >= 0.3 is 5.97 Å². The zero-order chi connectivity index (χ0) is 12.4. The van der Waals surface area contributed by atoms with Crippen molar-refractivity contribution in [2.75, 3.05) is 0 Å². The summed E-state index contributed by atoms with van der Waals surface area (Å²) in [6.45, 7) is 0. The lowest BCUT2D eigenvalue weighted by atomic mass is 9.77. The number of ketones is 1. The van der Waals surface area contributed by atoms with Crippen LogP contribution in [0.5, 0.6) is 0 Å². The van der Waals surface area contributed by atoms with Gasteiger partial charge in [-0.05, 0) is 31.6 Å². The maximum atomic E-state index is 11.8. The van der Waals surface area contributed by atoms with Crippen molar-refractivity contribution in [1.29, 1.82) is 0 Å². The molecule has 4 rings (SSSR count). The molecular weight excluding hydrogens is 222 g/mol. The van der Waals surface area contributed by atoms with Gasteiger partial charge in [0, 0.05) is 11.8 Å². The lowest BCUT2D eigenvalue weighted by Gasteiger charge is -2.38. The monoisotopic (exact) mass is 239 g/mol. The second kappa shape index (κ2) is 3.07. The molecule has 4 saturated carbocycles. The van der Waals surface area contributed by atoms with Gasteiger partial charge in [-0.25, -0.2) is 4.79 Å². The lowest BCUT2D eigenvalue weighted by Crippen LogP contribution is -2.66. The van der Waals surface area contributed by atoms with E-state index >= 15 is 0 Å². The molecule has 0 aromatic heterocycles. The average Bonchev–Trinajstić information content (AvgIpc) is 2.56. The highest BCUT2D eigenvalue weighted by Gasteiger charge is 2.62. The number of esters is 1. The summed E-state index contributed by atoms with van der Waals surface area (Å²) in [5, 5.41) is 0. The number of ether oxygens (including phenoxy) is 1. The van der Waals surface area contributed by atoms with E-state index in [-0.39, 0.29) is 11.8 Å². The fraction of sp³-hybridized carbons (Fsp3) is 0.818. The zero-order valence-electron chi connectivity index (χ0n) is 9.52. The fourth-order valence-electron chi connectivity index (χ4n) is 3.85. The molecule has 0 saturated heterocycles. The molecular formula is C11H17N3O3. The third kappa shape index (κ3) is 1.51. The van der Waals surface area contributed by atoms with Gasteiger partial charge in [-0.2, -0.15) is 0 Å². The summed E-state index contributed by atoms with van der Waals surface area (Å²) in [6.07, 6.45) is 2.93. The van der Waals surface area contributed by atoms with Gasteiger partial charge in [0.15, 0.2) is 0 Å². The number of Topliss-reactive ketones (excluding diaryl/α,β-unsaturated/α-hetero) is 1. The Morgan fingerprint density at radius 1 is 1.29 bits per heavy atom. The van der Waals surface area contributed by atoms with E-state index in [1.165, 1.54) is 0 Å². The molecule has 0 radical (unpaired) electrons. The highest BCUT2D eigenvalue weighted by atomic mass is 16.6. The van der Waals surface area contributed by atoms with Crippen molar-refractivity contribution in [3.63, 3.8) is 0 Å². The first kappa shape index (κ1) is 11.1. The standard InChI is InChI=1S/C11H17N3O3/c12-11(13,14)9(16)17-10-2-5-1-6(3-10)8(15)7(5)4-10/h5-7H,1-4,12-14H2. The second-order valence-corrected chi connectivity index (χ2v) is 5.82. The van der Waals surface area contributed by atoms with E-state index < -0.39 is 17.4 Å². The molecule has 6 N–H and O–H groups in total. The molecule has 0 aliphatic heterocycles. The Labute approximate surface area is 98.8 Å². The first-order chi connectivity index (χ1) is 7.81. The summed E-state index contributed by atoms with van der Waals surface area (Å²) in [4.78, 5) is 23.5. The summed E-state index contributed by atoms with van der Waals surface area (Å²) >= 11 is 0. The molecule has 94 valence electrons. The van der Waals surface area contributed by atoms with Crippen LogP contribution >= 0.6 is 0 Å². The maximum absolute atomic E-state index is 11.8. The predicted octanol–water partition coefficient (Wildman–Crippen LogP) is -1.18. The molecule has 6 nitrogen and oxygen atoms in total. The van der Waals surface area contributed by atoms with Crippen LogP contribution in [0.1, 0.15) is 25.7 Å². The van der Waals surface area contributed by atoms with Gasteiger partial charge in [-0.3, -0.25) is 22.0 Å². The molecule has 4 unspecified atom stereocenters. The number of rotatable bonds is 2. The Hall–Kier alpha value is -0.980. The predicted molar refractivity (Wildman–Crippen MR) is 58.1 cm³/mol. The number of hydrogen-bond donors (Lipinski definition) is 3. The van der Waals surface area contributed by atoms with Crippen LogP contribution < -0.4 is 17.2 Å². The molecule has 0 aromatic rings. The van der Waals surface area contributed by atoms with E-state index in [0.29, 0.717) is 24.5 Å². The van der Waals surface area contributed by atoms with Crippen molar-refractivity contribution in [3.05, 3.63) is 0 Å². The van der Waals surface area contributed by atoms with Crippen LogP contribution in [0, 0.1) is 17.8 Å². The third-order valence-corrected chi connectivity index (χ3v) is 4.43. The van der Waals surface area contributed by atoms with E-state index in [9.17, 15) is 9.59 Å². The molecule has 0 amide bonds. The van der Waals surface area contributed by atoms with Crippen molar-refractivity contribution in [2.45, 2.75) is 37.1 Å². The van der Waals surface area contributed by atoms with Gasteiger partial charge in [0.25, 0.3) is 0 Å². The Balaban J connectivity index is 1.78. The summed E-state index contributed by atoms with van der Waals surface area (Å²) in [6, 6.07) is 0. The summed E-state index contributed by atoms with van der Waals surface area (Å²) < 4.78 is 5.42. The highest BCUT2D eigenvalue weighted by molar-refractivity contribution is 5.88. The normalized spacial score (nSPS) is 43.2. The summed E-state index contributed by atoms with van der Waals surface area (Å²) in [5.74, 6) is -1.88.